The maximum atomic E-state index is 11.1. The molecule has 214 valence electrons. The zero-order chi connectivity index (χ0) is 29.6. The summed E-state index contributed by atoms with van der Waals surface area (Å²) < 4.78 is 13.6. The molecular formula is C33H34O8. The number of hydrogen-bond donors (Lipinski definition) is 0. The Morgan fingerprint density at radius 2 is 1.05 bits per heavy atom. The van der Waals surface area contributed by atoms with Gasteiger partial charge in [0.1, 0.15) is 0 Å². The van der Waals surface area contributed by atoms with E-state index in [2.05, 4.69) is 14.2 Å². The van der Waals surface area contributed by atoms with Crippen molar-refractivity contribution >= 4 is 29.8 Å². The summed E-state index contributed by atoms with van der Waals surface area (Å²) in [6, 6.07) is 29.2. The van der Waals surface area contributed by atoms with Gasteiger partial charge in [0.05, 0.1) is 37.7 Å². The van der Waals surface area contributed by atoms with Gasteiger partial charge in [0.25, 0.3) is 0 Å². The number of rotatable bonds is 7. The molecule has 0 radical (unpaired) electrons. The second-order valence-electron chi connectivity index (χ2n) is 9.88. The molecule has 0 aromatic heterocycles. The van der Waals surface area contributed by atoms with Crippen molar-refractivity contribution in [3.05, 3.63) is 108 Å². The first-order valence-electron chi connectivity index (χ1n) is 13.4. The first-order valence-corrected chi connectivity index (χ1v) is 13.4. The Kier molecular flexibility index (Phi) is 12.0. The molecule has 8 nitrogen and oxygen atoms in total. The number of cyclic esters (lactones) is 4. The molecule has 8 heteroatoms. The fourth-order valence-electron chi connectivity index (χ4n) is 4.40. The number of benzene rings is 3. The van der Waals surface area contributed by atoms with Crippen molar-refractivity contribution in [1.82, 2.24) is 0 Å². The summed E-state index contributed by atoms with van der Waals surface area (Å²) in [6.07, 6.45) is 2.35. The SMILES string of the molecule is COC(=O)C(C)Cc1ccccc1.O=C1CC(Cc2ccccc2)C(=O)O1.O=C1CC(Cc2ccccc2)C(=O)O1. The summed E-state index contributed by atoms with van der Waals surface area (Å²) in [6.45, 7) is 1.87. The minimum Gasteiger partial charge on any atom is -0.469 e. The maximum absolute atomic E-state index is 11.1. The smallest absolute Gasteiger partial charge is 0.317 e. The van der Waals surface area contributed by atoms with E-state index >= 15 is 0 Å². The lowest BCUT2D eigenvalue weighted by molar-refractivity contribution is -0.154. The van der Waals surface area contributed by atoms with Crippen molar-refractivity contribution in [2.75, 3.05) is 7.11 Å². The van der Waals surface area contributed by atoms with Gasteiger partial charge in [-0.2, -0.15) is 0 Å². The van der Waals surface area contributed by atoms with Crippen molar-refractivity contribution in [3.8, 4) is 0 Å². The van der Waals surface area contributed by atoms with Crippen LogP contribution in [0.1, 0.15) is 36.5 Å². The zero-order valence-corrected chi connectivity index (χ0v) is 23.2. The molecule has 0 N–H and O–H groups in total. The van der Waals surface area contributed by atoms with Crippen LogP contribution in [-0.2, 0) is 57.4 Å². The molecule has 2 aliphatic rings. The predicted octanol–water partition coefficient (Wildman–Crippen LogP) is 4.68. The van der Waals surface area contributed by atoms with E-state index in [4.69, 9.17) is 0 Å². The monoisotopic (exact) mass is 558 g/mol. The first kappa shape index (κ1) is 30.9. The van der Waals surface area contributed by atoms with Crippen LogP contribution < -0.4 is 0 Å². The lowest BCUT2D eigenvalue weighted by atomic mass is 9.98. The largest absolute Gasteiger partial charge is 0.469 e. The van der Waals surface area contributed by atoms with Crippen molar-refractivity contribution in [2.45, 2.75) is 39.0 Å². The molecule has 3 aromatic rings. The molecule has 0 aliphatic carbocycles. The molecule has 3 unspecified atom stereocenters. The third-order valence-electron chi connectivity index (χ3n) is 6.56. The molecule has 3 aromatic carbocycles. The molecule has 0 saturated carbocycles. The molecule has 0 spiro atoms. The van der Waals surface area contributed by atoms with Gasteiger partial charge in [0.15, 0.2) is 0 Å². The lowest BCUT2D eigenvalue weighted by Gasteiger charge is -2.08. The third-order valence-corrected chi connectivity index (χ3v) is 6.56. The molecule has 2 saturated heterocycles. The Balaban J connectivity index is 0.000000169. The maximum Gasteiger partial charge on any atom is 0.317 e. The quantitative estimate of drug-likeness (QED) is 0.234. The van der Waals surface area contributed by atoms with Gasteiger partial charge in [-0.25, -0.2) is 0 Å². The number of esters is 5. The normalized spacial score (nSPS) is 18.2. The van der Waals surface area contributed by atoms with Gasteiger partial charge in [0.2, 0.25) is 0 Å². The van der Waals surface area contributed by atoms with Gasteiger partial charge in [-0.3, -0.25) is 24.0 Å². The Morgan fingerprint density at radius 3 is 1.37 bits per heavy atom. The molecule has 2 aliphatic heterocycles. The number of ether oxygens (including phenoxy) is 3. The van der Waals surface area contributed by atoms with E-state index in [-0.39, 0.29) is 48.5 Å². The molecule has 0 amide bonds. The highest BCUT2D eigenvalue weighted by atomic mass is 16.6. The minimum atomic E-state index is -0.407. The van der Waals surface area contributed by atoms with Gasteiger partial charge >= 0.3 is 29.8 Å². The number of hydrogen-bond acceptors (Lipinski definition) is 8. The van der Waals surface area contributed by atoms with Crippen molar-refractivity contribution < 1.29 is 38.2 Å². The van der Waals surface area contributed by atoms with E-state index in [9.17, 15) is 24.0 Å². The molecule has 2 heterocycles. The van der Waals surface area contributed by atoms with Crippen molar-refractivity contribution in [1.29, 1.82) is 0 Å². The lowest BCUT2D eigenvalue weighted by Crippen LogP contribution is -2.14. The van der Waals surface area contributed by atoms with E-state index in [1.165, 1.54) is 12.7 Å². The fourth-order valence-corrected chi connectivity index (χ4v) is 4.40. The summed E-state index contributed by atoms with van der Waals surface area (Å²) >= 11 is 0. The van der Waals surface area contributed by atoms with Gasteiger partial charge in [-0.1, -0.05) is 97.9 Å². The summed E-state index contributed by atoms with van der Waals surface area (Å²) in [5.74, 6) is -2.38. The number of carbonyl (C=O) groups is 5. The van der Waals surface area contributed by atoms with E-state index in [1.54, 1.807) is 0 Å². The number of methoxy groups -OCH3 is 1. The van der Waals surface area contributed by atoms with Crippen LogP contribution in [0.2, 0.25) is 0 Å². The molecular weight excluding hydrogens is 524 g/mol. The molecule has 3 atom stereocenters. The average Bonchev–Trinajstić information content (AvgIpc) is 3.47. The second-order valence-corrected chi connectivity index (χ2v) is 9.88. The Morgan fingerprint density at radius 1 is 0.683 bits per heavy atom. The zero-order valence-electron chi connectivity index (χ0n) is 23.2. The van der Waals surface area contributed by atoms with Crippen molar-refractivity contribution in [2.24, 2.45) is 17.8 Å². The molecule has 5 rings (SSSR count). The summed E-state index contributed by atoms with van der Waals surface area (Å²) in [4.78, 5) is 55.0. The highest BCUT2D eigenvalue weighted by Gasteiger charge is 2.33. The highest BCUT2D eigenvalue weighted by molar-refractivity contribution is 5.95. The van der Waals surface area contributed by atoms with Crippen LogP contribution in [0.5, 0.6) is 0 Å². The predicted molar refractivity (Wildman–Crippen MR) is 150 cm³/mol. The topological polar surface area (TPSA) is 113 Å². The Bertz CT molecular complexity index is 1230. The van der Waals surface area contributed by atoms with Gasteiger partial charge < -0.3 is 14.2 Å². The summed E-state index contributed by atoms with van der Waals surface area (Å²) in [5.41, 5.74) is 3.29. The average molecular weight is 559 g/mol. The van der Waals surface area contributed by atoms with Crippen LogP contribution in [0.4, 0.5) is 0 Å². The highest BCUT2D eigenvalue weighted by Crippen LogP contribution is 2.21. The van der Waals surface area contributed by atoms with E-state index in [1.807, 2.05) is 97.9 Å². The van der Waals surface area contributed by atoms with Gasteiger partial charge in [-0.05, 0) is 36.0 Å². The second kappa shape index (κ2) is 15.9. The summed E-state index contributed by atoms with van der Waals surface area (Å²) in [5, 5.41) is 0. The van der Waals surface area contributed by atoms with E-state index in [0.29, 0.717) is 12.8 Å². The van der Waals surface area contributed by atoms with Crippen LogP contribution in [-0.4, -0.2) is 37.0 Å². The van der Waals surface area contributed by atoms with Crippen LogP contribution in [0.25, 0.3) is 0 Å². The van der Waals surface area contributed by atoms with Gasteiger partial charge in [-0.15, -0.1) is 0 Å². The van der Waals surface area contributed by atoms with Crippen LogP contribution in [0.3, 0.4) is 0 Å². The van der Waals surface area contributed by atoms with Crippen LogP contribution in [0, 0.1) is 17.8 Å². The van der Waals surface area contributed by atoms with Crippen molar-refractivity contribution in [3.63, 3.8) is 0 Å². The van der Waals surface area contributed by atoms with Gasteiger partial charge in [0, 0.05) is 0 Å². The third kappa shape index (κ3) is 10.5. The summed E-state index contributed by atoms with van der Waals surface area (Å²) in [7, 11) is 1.42. The van der Waals surface area contributed by atoms with Crippen LogP contribution >= 0.6 is 0 Å². The molecule has 41 heavy (non-hydrogen) atoms. The molecule has 2 fully saturated rings. The van der Waals surface area contributed by atoms with E-state index in [0.717, 1.165) is 17.5 Å². The first-order chi connectivity index (χ1) is 19.7. The van der Waals surface area contributed by atoms with Crippen LogP contribution in [0.15, 0.2) is 91.0 Å². The molecule has 0 bridgehead atoms. The fraction of sp³-hybridized carbons (Fsp3) is 0.303. The standard InChI is InChI=1S/2C11H10O3.C11H14O2/c2*12-10-7-9(11(13)14-10)6-8-4-2-1-3-5-8;1-9(11(12)13-2)8-10-6-4-3-5-7-10/h2*1-5,9H,6-7H2;3-7,9H,8H2,1-2H3. The number of carbonyl (C=O) groups excluding carboxylic acids is 5. The minimum absolute atomic E-state index is 0.0626. The van der Waals surface area contributed by atoms with E-state index < -0.39 is 11.9 Å². The Hall–Kier alpha value is -4.59. The Labute approximate surface area is 239 Å².